The highest BCUT2D eigenvalue weighted by atomic mass is 16.6. The van der Waals surface area contributed by atoms with Gasteiger partial charge in [0.1, 0.15) is 12.1 Å². The summed E-state index contributed by atoms with van der Waals surface area (Å²) in [5.74, 6) is 0.960. The normalized spacial score (nSPS) is 10.4. The number of anilines is 4. The minimum Gasteiger partial charge on any atom is -0.494 e. The number of hydrogen-bond acceptors (Lipinski definition) is 7. The fourth-order valence-electron chi connectivity index (χ4n) is 2.69. The standard InChI is InChI=1S/C20H21N5O3/c1-4-28-16-10-8-15(9-11-16)23-19-18(25(26)27)20(22-12-21-19)24-17-7-5-6-13(2)14(17)3/h5-12H,4H2,1-3H3,(H2,21,22,23,24). The van der Waals surface area contributed by atoms with Crippen LogP contribution in [-0.4, -0.2) is 21.5 Å². The van der Waals surface area contributed by atoms with Crippen molar-refractivity contribution in [3.05, 3.63) is 70.0 Å². The summed E-state index contributed by atoms with van der Waals surface area (Å²) in [4.78, 5) is 19.4. The molecule has 1 aromatic heterocycles. The van der Waals surface area contributed by atoms with Crippen LogP contribution in [0.25, 0.3) is 0 Å². The first-order valence-electron chi connectivity index (χ1n) is 8.82. The Morgan fingerprint density at radius 3 is 2.36 bits per heavy atom. The van der Waals surface area contributed by atoms with Crippen molar-refractivity contribution in [3.63, 3.8) is 0 Å². The summed E-state index contributed by atoms with van der Waals surface area (Å²) in [7, 11) is 0. The van der Waals surface area contributed by atoms with E-state index >= 15 is 0 Å². The summed E-state index contributed by atoms with van der Waals surface area (Å²) >= 11 is 0. The van der Waals surface area contributed by atoms with Crippen LogP contribution < -0.4 is 15.4 Å². The third-order valence-corrected chi connectivity index (χ3v) is 4.29. The predicted molar refractivity (Wildman–Crippen MR) is 109 cm³/mol. The topological polar surface area (TPSA) is 102 Å². The number of hydrogen-bond donors (Lipinski definition) is 2. The fourth-order valence-corrected chi connectivity index (χ4v) is 2.69. The summed E-state index contributed by atoms with van der Waals surface area (Å²) in [6.07, 6.45) is 1.29. The summed E-state index contributed by atoms with van der Waals surface area (Å²) in [5, 5.41) is 17.8. The first-order chi connectivity index (χ1) is 13.5. The monoisotopic (exact) mass is 379 g/mol. The van der Waals surface area contributed by atoms with Crippen molar-refractivity contribution in [2.24, 2.45) is 0 Å². The molecule has 3 aromatic rings. The smallest absolute Gasteiger partial charge is 0.353 e. The molecule has 0 atom stereocenters. The van der Waals surface area contributed by atoms with Gasteiger partial charge in [0.05, 0.1) is 11.5 Å². The van der Waals surface area contributed by atoms with Gasteiger partial charge in [0.25, 0.3) is 0 Å². The van der Waals surface area contributed by atoms with E-state index in [2.05, 4.69) is 20.6 Å². The molecule has 0 bridgehead atoms. The van der Waals surface area contributed by atoms with Crippen molar-refractivity contribution in [2.45, 2.75) is 20.8 Å². The maximum atomic E-state index is 11.7. The van der Waals surface area contributed by atoms with Gasteiger partial charge in [-0.05, 0) is 62.2 Å². The summed E-state index contributed by atoms with van der Waals surface area (Å²) in [6, 6.07) is 12.8. The van der Waals surface area contributed by atoms with E-state index in [4.69, 9.17) is 4.74 Å². The number of nitro groups is 1. The lowest BCUT2D eigenvalue weighted by atomic mass is 10.1. The molecule has 0 radical (unpaired) electrons. The van der Waals surface area contributed by atoms with Gasteiger partial charge in [-0.1, -0.05) is 12.1 Å². The van der Waals surface area contributed by atoms with E-state index in [0.29, 0.717) is 12.3 Å². The fraction of sp³-hybridized carbons (Fsp3) is 0.200. The molecule has 0 saturated carbocycles. The van der Waals surface area contributed by atoms with Crippen LogP contribution >= 0.6 is 0 Å². The van der Waals surface area contributed by atoms with Crippen molar-refractivity contribution >= 4 is 28.7 Å². The summed E-state index contributed by atoms with van der Waals surface area (Å²) in [5.41, 5.74) is 3.26. The third kappa shape index (κ3) is 4.17. The Labute approximate surface area is 162 Å². The van der Waals surface area contributed by atoms with Crippen molar-refractivity contribution < 1.29 is 9.66 Å². The van der Waals surface area contributed by atoms with Crippen LogP contribution in [0.3, 0.4) is 0 Å². The van der Waals surface area contributed by atoms with Gasteiger partial charge in [-0.25, -0.2) is 9.97 Å². The average Bonchev–Trinajstić information content (AvgIpc) is 2.67. The first kappa shape index (κ1) is 19.1. The molecule has 144 valence electrons. The molecular weight excluding hydrogens is 358 g/mol. The second kappa shape index (κ2) is 8.34. The van der Waals surface area contributed by atoms with Gasteiger partial charge in [0, 0.05) is 11.4 Å². The first-order valence-corrected chi connectivity index (χ1v) is 8.82. The Morgan fingerprint density at radius 2 is 1.71 bits per heavy atom. The molecular formula is C20H21N5O3. The van der Waals surface area contributed by atoms with Crippen LogP contribution in [0.5, 0.6) is 5.75 Å². The van der Waals surface area contributed by atoms with E-state index in [0.717, 1.165) is 22.6 Å². The zero-order valence-corrected chi connectivity index (χ0v) is 15.9. The number of benzene rings is 2. The molecule has 0 fully saturated rings. The summed E-state index contributed by atoms with van der Waals surface area (Å²) < 4.78 is 5.41. The zero-order valence-electron chi connectivity index (χ0n) is 15.9. The second-order valence-electron chi connectivity index (χ2n) is 6.13. The number of aromatic nitrogens is 2. The molecule has 2 aromatic carbocycles. The molecule has 0 spiro atoms. The van der Waals surface area contributed by atoms with Gasteiger partial charge >= 0.3 is 5.69 Å². The Morgan fingerprint density at radius 1 is 1.04 bits per heavy atom. The molecule has 0 aliphatic heterocycles. The number of rotatable bonds is 7. The van der Waals surface area contributed by atoms with E-state index in [9.17, 15) is 10.1 Å². The Bertz CT molecular complexity index is 990. The highest BCUT2D eigenvalue weighted by Crippen LogP contribution is 2.34. The minimum absolute atomic E-state index is 0.108. The van der Waals surface area contributed by atoms with Gasteiger partial charge in [-0.15, -0.1) is 0 Å². The largest absolute Gasteiger partial charge is 0.494 e. The van der Waals surface area contributed by atoms with Crippen molar-refractivity contribution in [2.75, 3.05) is 17.2 Å². The lowest BCUT2D eigenvalue weighted by Crippen LogP contribution is -2.06. The maximum Gasteiger partial charge on any atom is 0.353 e. The van der Waals surface area contributed by atoms with E-state index in [-0.39, 0.29) is 17.3 Å². The molecule has 0 unspecified atom stereocenters. The van der Waals surface area contributed by atoms with Crippen LogP contribution in [0.4, 0.5) is 28.7 Å². The van der Waals surface area contributed by atoms with Gasteiger partial charge in [0.15, 0.2) is 0 Å². The molecule has 1 heterocycles. The van der Waals surface area contributed by atoms with Crippen LogP contribution in [-0.2, 0) is 0 Å². The SMILES string of the molecule is CCOc1ccc(Nc2ncnc(Nc3cccc(C)c3C)c2[N+](=O)[O-])cc1. The number of ether oxygens (including phenoxy) is 1. The van der Waals surface area contributed by atoms with E-state index in [1.165, 1.54) is 6.33 Å². The van der Waals surface area contributed by atoms with Crippen LogP contribution in [0.15, 0.2) is 48.8 Å². The highest BCUT2D eigenvalue weighted by molar-refractivity contribution is 5.77. The quantitative estimate of drug-likeness (QED) is 0.445. The Kier molecular flexibility index (Phi) is 5.69. The van der Waals surface area contributed by atoms with Crippen molar-refractivity contribution in [1.82, 2.24) is 9.97 Å². The van der Waals surface area contributed by atoms with E-state index in [1.807, 2.05) is 39.0 Å². The number of nitrogens with one attached hydrogen (secondary N) is 2. The molecule has 0 aliphatic carbocycles. The summed E-state index contributed by atoms with van der Waals surface area (Å²) in [6.45, 7) is 6.40. The Hall–Kier alpha value is -3.68. The van der Waals surface area contributed by atoms with Gasteiger partial charge in [-0.3, -0.25) is 10.1 Å². The molecule has 0 amide bonds. The maximum absolute atomic E-state index is 11.7. The van der Waals surface area contributed by atoms with E-state index < -0.39 is 4.92 Å². The Balaban J connectivity index is 1.93. The second-order valence-corrected chi connectivity index (χ2v) is 6.13. The van der Waals surface area contributed by atoms with Crippen molar-refractivity contribution in [3.8, 4) is 5.75 Å². The molecule has 8 nitrogen and oxygen atoms in total. The van der Waals surface area contributed by atoms with Crippen molar-refractivity contribution in [1.29, 1.82) is 0 Å². The lowest BCUT2D eigenvalue weighted by Gasteiger charge is -2.13. The molecule has 2 N–H and O–H groups in total. The van der Waals surface area contributed by atoms with E-state index in [1.54, 1.807) is 24.3 Å². The zero-order chi connectivity index (χ0) is 20.1. The predicted octanol–water partition coefficient (Wildman–Crippen LogP) is 4.89. The highest BCUT2D eigenvalue weighted by Gasteiger charge is 2.23. The van der Waals surface area contributed by atoms with Gasteiger partial charge in [0.2, 0.25) is 11.6 Å². The number of nitrogens with zero attached hydrogens (tertiary/aromatic N) is 3. The minimum atomic E-state index is -0.496. The van der Waals surface area contributed by atoms with Crippen LogP contribution in [0.2, 0.25) is 0 Å². The van der Waals surface area contributed by atoms with Gasteiger partial charge in [-0.2, -0.15) is 0 Å². The average molecular weight is 379 g/mol. The molecule has 0 saturated heterocycles. The van der Waals surface area contributed by atoms with Gasteiger partial charge < -0.3 is 15.4 Å². The van der Waals surface area contributed by atoms with Crippen LogP contribution in [0.1, 0.15) is 18.1 Å². The molecule has 28 heavy (non-hydrogen) atoms. The number of aryl methyl sites for hydroxylation is 1. The van der Waals surface area contributed by atoms with Crippen LogP contribution in [0, 0.1) is 24.0 Å². The molecule has 8 heteroatoms. The molecule has 3 rings (SSSR count). The third-order valence-electron chi connectivity index (χ3n) is 4.29. The lowest BCUT2D eigenvalue weighted by molar-refractivity contribution is -0.383. The molecule has 0 aliphatic rings.